The van der Waals surface area contributed by atoms with Crippen LogP contribution >= 0.6 is 0 Å². The minimum Gasteiger partial charge on any atom is -0.294 e. The van der Waals surface area contributed by atoms with Crippen molar-refractivity contribution in [2.24, 2.45) is 0 Å². The SMILES string of the molecule is CC1CCCCN1[C@H](C)c1ccccc1. The summed E-state index contributed by atoms with van der Waals surface area (Å²) in [6.45, 7) is 5.95. The first kappa shape index (κ1) is 10.7. The van der Waals surface area contributed by atoms with Crippen molar-refractivity contribution in [3.8, 4) is 0 Å². The van der Waals surface area contributed by atoms with Crippen molar-refractivity contribution in [2.45, 2.75) is 45.2 Å². The fraction of sp³-hybridized carbons (Fsp3) is 0.571. The molecule has 1 heteroatoms. The topological polar surface area (TPSA) is 3.24 Å². The Balaban J connectivity index is 2.09. The number of hydrogen-bond acceptors (Lipinski definition) is 1. The normalized spacial score (nSPS) is 25.1. The predicted octanol–water partition coefficient (Wildman–Crippen LogP) is 3.62. The van der Waals surface area contributed by atoms with E-state index in [9.17, 15) is 0 Å². The van der Waals surface area contributed by atoms with Gasteiger partial charge < -0.3 is 0 Å². The number of likely N-dealkylation sites (tertiary alicyclic amines) is 1. The quantitative estimate of drug-likeness (QED) is 0.709. The molecule has 1 aliphatic heterocycles. The average molecular weight is 203 g/mol. The molecule has 0 amide bonds. The van der Waals surface area contributed by atoms with Gasteiger partial charge in [0, 0.05) is 12.1 Å². The molecule has 1 fully saturated rings. The lowest BCUT2D eigenvalue weighted by Crippen LogP contribution is -2.39. The zero-order chi connectivity index (χ0) is 10.7. The van der Waals surface area contributed by atoms with Crippen LogP contribution < -0.4 is 0 Å². The molecule has 82 valence electrons. The van der Waals surface area contributed by atoms with E-state index >= 15 is 0 Å². The summed E-state index contributed by atoms with van der Waals surface area (Å²) in [6, 6.07) is 12.2. The van der Waals surface area contributed by atoms with Gasteiger partial charge in [-0.05, 0) is 38.8 Å². The second-order valence-corrected chi connectivity index (χ2v) is 4.67. The molecule has 2 rings (SSSR count). The first-order chi connectivity index (χ1) is 7.29. The zero-order valence-electron chi connectivity index (χ0n) is 9.82. The lowest BCUT2D eigenvalue weighted by molar-refractivity contribution is 0.114. The van der Waals surface area contributed by atoms with E-state index in [1.165, 1.54) is 31.4 Å². The number of hydrogen-bond donors (Lipinski definition) is 0. The van der Waals surface area contributed by atoms with Gasteiger partial charge >= 0.3 is 0 Å². The van der Waals surface area contributed by atoms with Crippen molar-refractivity contribution < 1.29 is 0 Å². The lowest BCUT2D eigenvalue weighted by atomic mass is 9.98. The molecule has 15 heavy (non-hydrogen) atoms. The Kier molecular flexibility index (Phi) is 3.42. The second-order valence-electron chi connectivity index (χ2n) is 4.67. The van der Waals surface area contributed by atoms with Crippen LogP contribution in [0.3, 0.4) is 0 Å². The highest BCUT2D eigenvalue weighted by molar-refractivity contribution is 5.18. The molecule has 0 saturated carbocycles. The highest BCUT2D eigenvalue weighted by Crippen LogP contribution is 2.27. The molecule has 0 aliphatic carbocycles. The van der Waals surface area contributed by atoms with E-state index in [0.717, 1.165) is 6.04 Å². The van der Waals surface area contributed by atoms with Gasteiger partial charge in [0.15, 0.2) is 0 Å². The molecular weight excluding hydrogens is 182 g/mol. The molecule has 0 spiro atoms. The molecule has 0 bridgehead atoms. The van der Waals surface area contributed by atoms with Crippen LogP contribution in [0.15, 0.2) is 30.3 Å². The first-order valence-corrected chi connectivity index (χ1v) is 6.09. The molecule has 1 aliphatic rings. The Morgan fingerprint density at radius 3 is 2.60 bits per heavy atom. The van der Waals surface area contributed by atoms with Gasteiger partial charge in [-0.2, -0.15) is 0 Å². The third-order valence-corrected chi connectivity index (χ3v) is 3.63. The summed E-state index contributed by atoms with van der Waals surface area (Å²) in [4.78, 5) is 2.64. The molecular formula is C14H21N. The number of benzene rings is 1. The van der Waals surface area contributed by atoms with Crippen LogP contribution in [-0.2, 0) is 0 Å². The summed E-state index contributed by atoms with van der Waals surface area (Å²) in [6.07, 6.45) is 4.12. The monoisotopic (exact) mass is 203 g/mol. The fourth-order valence-corrected chi connectivity index (χ4v) is 2.62. The third-order valence-electron chi connectivity index (χ3n) is 3.63. The molecule has 1 aromatic carbocycles. The molecule has 1 unspecified atom stereocenters. The standard InChI is InChI=1S/C14H21N/c1-12-8-6-7-11-15(12)13(2)14-9-4-3-5-10-14/h3-5,9-10,12-13H,6-8,11H2,1-2H3/t12?,13-/m1/s1. The van der Waals surface area contributed by atoms with Crippen LogP contribution in [-0.4, -0.2) is 17.5 Å². The average Bonchev–Trinajstić information content (AvgIpc) is 2.30. The summed E-state index contributed by atoms with van der Waals surface area (Å²) in [5.41, 5.74) is 1.45. The van der Waals surface area contributed by atoms with Crippen LogP contribution in [0.4, 0.5) is 0 Å². The zero-order valence-corrected chi connectivity index (χ0v) is 9.82. The Labute approximate surface area is 93.1 Å². The second kappa shape index (κ2) is 4.80. The molecule has 0 aromatic heterocycles. The highest BCUT2D eigenvalue weighted by atomic mass is 15.2. The van der Waals surface area contributed by atoms with Gasteiger partial charge in [0.1, 0.15) is 0 Å². The van der Waals surface area contributed by atoms with Gasteiger partial charge in [-0.25, -0.2) is 0 Å². The number of rotatable bonds is 2. The van der Waals surface area contributed by atoms with Crippen molar-refractivity contribution in [1.82, 2.24) is 4.90 Å². The first-order valence-electron chi connectivity index (χ1n) is 6.09. The Bertz CT molecular complexity index is 293. The van der Waals surface area contributed by atoms with E-state index in [1.54, 1.807) is 0 Å². The molecule has 1 saturated heterocycles. The Morgan fingerprint density at radius 2 is 1.93 bits per heavy atom. The van der Waals surface area contributed by atoms with Gasteiger partial charge in [-0.15, -0.1) is 0 Å². The fourth-order valence-electron chi connectivity index (χ4n) is 2.62. The predicted molar refractivity (Wildman–Crippen MR) is 64.9 cm³/mol. The van der Waals surface area contributed by atoms with Crippen LogP contribution in [0.25, 0.3) is 0 Å². The van der Waals surface area contributed by atoms with Crippen LogP contribution in [0, 0.1) is 0 Å². The summed E-state index contributed by atoms with van der Waals surface area (Å²) >= 11 is 0. The molecule has 1 nitrogen and oxygen atoms in total. The third kappa shape index (κ3) is 2.40. The molecule has 2 atom stereocenters. The minimum atomic E-state index is 0.571. The maximum atomic E-state index is 2.64. The number of nitrogens with zero attached hydrogens (tertiary/aromatic N) is 1. The van der Waals surface area contributed by atoms with Crippen LogP contribution in [0.1, 0.15) is 44.7 Å². The summed E-state index contributed by atoms with van der Waals surface area (Å²) in [5, 5.41) is 0. The van der Waals surface area contributed by atoms with Crippen molar-refractivity contribution in [2.75, 3.05) is 6.54 Å². The van der Waals surface area contributed by atoms with E-state index in [1.807, 2.05) is 0 Å². The maximum absolute atomic E-state index is 2.64. The van der Waals surface area contributed by atoms with Crippen molar-refractivity contribution in [3.05, 3.63) is 35.9 Å². The van der Waals surface area contributed by atoms with E-state index in [2.05, 4.69) is 49.1 Å². The highest BCUT2D eigenvalue weighted by Gasteiger charge is 2.23. The van der Waals surface area contributed by atoms with Gasteiger partial charge in [0.05, 0.1) is 0 Å². The maximum Gasteiger partial charge on any atom is 0.0322 e. The van der Waals surface area contributed by atoms with Crippen LogP contribution in [0.2, 0.25) is 0 Å². The minimum absolute atomic E-state index is 0.571. The van der Waals surface area contributed by atoms with Gasteiger partial charge in [-0.1, -0.05) is 36.8 Å². The van der Waals surface area contributed by atoms with Gasteiger partial charge in [0.2, 0.25) is 0 Å². The summed E-state index contributed by atoms with van der Waals surface area (Å²) in [7, 11) is 0. The smallest absolute Gasteiger partial charge is 0.0322 e. The Hall–Kier alpha value is -0.820. The lowest BCUT2D eigenvalue weighted by Gasteiger charge is -2.38. The summed E-state index contributed by atoms with van der Waals surface area (Å²) in [5.74, 6) is 0. The van der Waals surface area contributed by atoms with E-state index in [4.69, 9.17) is 0 Å². The van der Waals surface area contributed by atoms with Crippen molar-refractivity contribution in [1.29, 1.82) is 0 Å². The molecule has 1 aromatic rings. The molecule has 0 N–H and O–H groups in total. The van der Waals surface area contributed by atoms with Gasteiger partial charge in [-0.3, -0.25) is 4.90 Å². The van der Waals surface area contributed by atoms with E-state index in [-0.39, 0.29) is 0 Å². The van der Waals surface area contributed by atoms with Crippen molar-refractivity contribution in [3.63, 3.8) is 0 Å². The van der Waals surface area contributed by atoms with E-state index < -0.39 is 0 Å². The number of piperidine rings is 1. The van der Waals surface area contributed by atoms with Crippen molar-refractivity contribution >= 4 is 0 Å². The van der Waals surface area contributed by atoms with E-state index in [0.29, 0.717) is 6.04 Å². The molecule has 1 heterocycles. The van der Waals surface area contributed by atoms with Gasteiger partial charge in [0.25, 0.3) is 0 Å². The van der Waals surface area contributed by atoms with Crippen LogP contribution in [0.5, 0.6) is 0 Å². The summed E-state index contributed by atoms with van der Waals surface area (Å²) < 4.78 is 0. The Morgan fingerprint density at radius 1 is 1.20 bits per heavy atom. The molecule has 0 radical (unpaired) electrons. The largest absolute Gasteiger partial charge is 0.294 e.